The number of rotatable bonds is 4. The van der Waals surface area contributed by atoms with Gasteiger partial charge in [-0.05, 0) is 51.1 Å². The van der Waals surface area contributed by atoms with Gasteiger partial charge in [-0.2, -0.15) is 0 Å². The fourth-order valence-electron chi connectivity index (χ4n) is 2.83. The second kappa shape index (κ2) is 6.46. The van der Waals surface area contributed by atoms with Gasteiger partial charge in [0.15, 0.2) is 0 Å². The molecule has 0 amide bonds. The second-order valence-corrected chi connectivity index (χ2v) is 6.10. The van der Waals surface area contributed by atoms with Gasteiger partial charge in [-0.3, -0.25) is 0 Å². The first-order valence-corrected chi connectivity index (χ1v) is 7.27. The minimum Gasteiger partial charge on any atom is -0.478 e. The minimum absolute atomic E-state index is 0.295. The Morgan fingerprint density at radius 1 is 1.40 bits per heavy atom. The summed E-state index contributed by atoms with van der Waals surface area (Å²) in [6.07, 6.45) is 2.19. The Balaban J connectivity index is 2.09. The number of carboxylic acid groups (broad SMARTS) is 1. The molecular weight excluding hydrogens is 276 g/mol. The molecule has 0 saturated carbocycles. The molecule has 4 nitrogen and oxygen atoms in total. The highest BCUT2D eigenvalue weighted by atomic mass is 35.5. The first kappa shape index (κ1) is 15.1. The third kappa shape index (κ3) is 3.64. The Kier molecular flexibility index (Phi) is 4.89. The fraction of sp³-hybridized carbons (Fsp3) is 0.533. The highest BCUT2D eigenvalue weighted by Crippen LogP contribution is 2.28. The summed E-state index contributed by atoms with van der Waals surface area (Å²) in [6, 6.07) is 5.11. The van der Waals surface area contributed by atoms with E-state index in [1.54, 1.807) is 6.07 Å². The van der Waals surface area contributed by atoms with Crippen LogP contribution in [0.25, 0.3) is 0 Å². The van der Waals surface area contributed by atoms with Gasteiger partial charge in [0.25, 0.3) is 0 Å². The van der Waals surface area contributed by atoms with E-state index in [0.717, 1.165) is 38.2 Å². The molecule has 1 N–H and O–H groups in total. The van der Waals surface area contributed by atoms with Crippen LogP contribution in [0.5, 0.6) is 0 Å². The lowest BCUT2D eigenvalue weighted by Gasteiger charge is -2.35. The highest BCUT2D eigenvalue weighted by Gasteiger charge is 2.23. The Morgan fingerprint density at radius 2 is 2.05 bits per heavy atom. The molecular formula is C15H21ClN2O2. The molecule has 0 unspecified atom stereocenters. The maximum Gasteiger partial charge on any atom is 0.337 e. The molecule has 0 bridgehead atoms. The Morgan fingerprint density at radius 3 is 2.60 bits per heavy atom. The molecule has 0 radical (unpaired) electrons. The molecule has 1 aliphatic rings. The first-order chi connectivity index (χ1) is 9.47. The summed E-state index contributed by atoms with van der Waals surface area (Å²) in [7, 11) is 4.18. The smallest absolute Gasteiger partial charge is 0.337 e. The maximum atomic E-state index is 11.3. The van der Waals surface area contributed by atoms with Gasteiger partial charge in [-0.1, -0.05) is 11.6 Å². The molecule has 0 spiro atoms. The van der Waals surface area contributed by atoms with E-state index < -0.39 is 5.97 Å². The Labute approximate surface area is 124 Å². The number of benzene rings is 1. The number of halogens is 1. The summed E-state index contributed by atoms with van der Waals surface area (Å²) >= 11 is 5.89. The molecule has 5 heteroatoms. The van der Waals surface area contributed by atoms with E-state index in [-0.39, 0.29) is 0 Å². The zero-order valence-electron chi connectivity index (χ0n) is 12.0. The van der Waals surface area contributed by atoms with E-state index in [4.69, 9.17) is 11.6 Å². The highest BCUT2D eigenvalue weighted by molar-refractivity contribution is 6.31. The molecule has 0 atom stereocenters. The van der Waals surface area contributed by atoms with Crippen LogP contribution in [0.3, 0.4) is 0 Å². The van der Waals surface area contributed by atoms with Gasteiger partial charge in [-0.15, -0.1) is 0 Å². The van der Waals surface area contributed by atoms with Crippen molar-refractivity contribution in [1.29, 1.82) is 0 Å². The number of carboxylic acids is 1. The van der Waals surface area contributed by atoms with Crippen molar-refractivity contribution in [2.45, 2.75) is 12.8 Å². The lowest BCUT2D eigenvalue weighted by Crippen LogP contribution is -2.37. The van der Waals surface area contributed by atoms with E-state index >= 15 is 0 Å². The van der Waals surface area contributed by atoms with E-state index in [2.05, 4.69) is 23.9 Å². The van der Waals surface area contributed by atoms with Crippen LogP contribution < -0.4 is 4.90 Å². The summed E-state index contributed by atoms with van der Waals surface area (Å²) in [5.74, 6) is -0.222. The lowest BCUT2D eigenvalue weighted by molar-refractivity contribution is 0.0697. The normalized spacial score (nSPS) is 16.7. The monoisotopic (exact) mass is 296 g/mol. The van der Waals surface area contributed by atoms with Crippen molar-refractivity contribution in [2.24, 2.45) is 5.92 Å². The quantitative estimate of drug-likeness (QED) is 0.928. The van der Waals surface area contributed by atoms with Gasteiger partial charge in [0.1, 0.15) is 0 Å². The second-order valence-electron chi connectivity index (χ2n) is 5.66. The van der Waals surface area contributed by atoms with Crippen molar-refractivity contribution >= 4 is 23.3 Å². The van der Waals surface area contributed by atoms with Crippen LogP contribution in [-0.4, -0.2) is 49.7 Å². The summed E-state index contributed by atoms with van der Waals surface area (Å²) in [5, 5.41) is 9.77. The molecule has 110 valence electrons. The van der Waals surface area contributed by atoms with Crippen LogP contribution in [0.1, 0.15) is 23.2 Å². The molecule has 1 aromatic carbocycles. The summed E-state index contributed by atoms with van der Waals surface area (Å²) in [6.45, 7) is 2.90. The van der Waals surface area contributed by atoms with Gasteiger partial charge < -0.3 is 14.9 Å². The molecule has 0 aliphatic carbocycles. The number of hydrogen-bond acceptors (Lipinski definition) is 3. The lowest BCUT2D eigenvalue weighted by atomic mass is 9.95. The van der Waals surface area contributed by atoms with Crippen molar-refractivity contribution in [3.63, 3.8) is 0 Å². The maximum absolute atomic E-state index is 11.3. The van der Waals surface area contributed by atoms with E-state index in [1.807, 2.05) is 6.07 Å². The summed E-state index contributed by atoms with van der Waals surface area (Å²) < 4.78 is 0. The summed E-state index contributed by atoms with van der Waals surface area (Å²) in [4.78, 5) is 15.7. The molecule has 1 saturated heterocycles. The number of carbonyl (C=O) groups is 1. The number of aromatic carboxylic acids is 1. The third-order valence-electron chi connectivity index (χ3n) is 3.77. The summed E-state index contributed by atoms with van der Waals surface area (Å²) in [5.41, 5.74) is 1.08. The van der Waals surface area contributed by atoms with Crippen LogP contribution >= 0.6 is 11.6 Å². The number of hydrogen-bond donors (Lipinski definition) is 1. The van der Waals surface area contributed by atoms with Gasteiger partial charge in [0.05, 0.1) is 11.3 Å². The van der Waals surface area contributed by atoms with Gasteiger partial charge in [-0.25, -0.2) is 4.79 Å². The number of anilines is 1. The van der Waals surface area contributed by atoms with E-state index in [9.17, 15) is 9.90 Å². The van der Waals surface area contributed by atoms with Crippen LogP contribution in [0.4, 0.5) is 5.69 Å². The number of nitrogens with zero attached hydrogens (tertiary/aromatic N) is 2. The molecule has 20 heavy (non-hydrogen) atoms. The number of piperidine rings is 1. The zero-order valence-corrected chi connectivity index (χ0v) is 12.7. The van der Waals surface area contributed by atoms with Gasteiger partial charge >= 0.3 is 5.97 Å². The Bertz CT molecular complexity index is 483. The standard InChI is InChI=1S/C15H21ClN2O2/c1-17(2)10-11-5-7-18(8-6-11)14-4-3-12(16)9-13(14)15(19)20/h3-4,9,11H,5-8,10H2,1-2H3,(H,19,20). The van der Waals surface area contributed by atoms with Crippen molar-refractivity contribution in [1.82, 2.24) is 4.90 Å². The average molecular weight is 297 g/mol. The predicted molar refractivity (Wildman–Crippen MR) is 81.9 cm³/mol. The van der Waals surface area contributed by atoms with Crippen molar-refractivity contribution in [3.05, 3.63) is 28.8 Å². The fourth-order valence-corrected chi connectivity index (χ4v) is 3.00. The van der Waals surface area contributed by atoms with Crippen molar-refractivity contribution in [2.75, 3.05) is 38.6 Å². The molecule has 1 aliphatic heterocycles. The molecule has 1 heterocycles. The van der Waals surface area contributed by atoms with Crippen LogP contribution in [0.15, 0.2) is 18.2 Å². The Hall–Kier alpha value is -1.26. The molecule has 1 aromatic rings. The predicted octanol–water partition coefficient (Wildman–Crippen LogP) is 2.82. The average Bonchev–Trinajstić information content (AvgIpc) is 2.39. The van der Waals surface area contributed by atoms with Crippen LogP contribution in [0, 0.1) is 5.92 Å². The third-order valence-corrected chi connectivity index (χ3v) is 4.00. The molecule has 1 fully saturated rings. The topological polar surface area (TPSA) is 43.8 Å². The minimum atomic E-state index is -0.919. The van der Waals surface area contributed by atoms with Crippen LogP contribution in [-0.2, 0) is 0 Å². The van der Waals surface area contributed by atoms with E-state index in [1.165, 1.54) is 6.07 Å². The SMILES string of the molecule is CN(C)CC1CCN(c2ccc(Cl)cc2C(=O)O)CC1. The molecule has 0 aromatic heterocycles. The molecule has 2 rings (SSSR count). The first-order valence-electron chi connectivity index (χ1n) is 6.90. The van der Waals surface area contributed by atoms with Gasteiger partial charge in [0.2, 0.25) is 0 Å². The van der Waals surface area contributed by atoms with Gasteiger partial charge in [0, 0.05) is 24.7 Å². The van der Waals surface area contributed by atoms with E-state index in [0.29, 0.717) is 16.5 Å². The van der Waals surface area contributed by atoms with Crippen molar-refractivity contribution < 1.29 is 9.90 Å². The largest absolute Gasteiger partial charge is 0.478 e. The van der Waals surface area contributed by atoms with Crippen molar-refractivity contribution in [3.8, 4) is 0 Å². The zero-order chi connectivity index (χ0) is 14.7. The van der Waals surface area contributed by atoms with Crippen LogP contribution in [0.2, 0.25) is 5.02 Å².